The molecule has 4 heteroatoms. The van der Waals surface area contributed by atoms with Gasteiger partial charge in [0, 0.05) is 0 Å². The van der Waals surface area contributed by atoms with Gasteiger partial charge in [0.2, 0.25) is 5.89 Å². The third-order valence-electron chi connectivity index (χ3n) is 2.78. The van der Waals surface area contributed by atoms with Crippen LogP contribution in [0.5, 0.6) is 0 Å². The van der Waals surface area contributed by atoms with Gasteiger partial charge in [-0.1, -0.05) is 12.1 Å². The van der Waals surface area contributed by atoms with Crippen LogP contribution in [0.3, 0.4) is 0 Å². The van der Waals surface area contributed by atoms with E-state index in [9.17, 15) is 0 Å². The summed E-state index contributed by atoms with van der Waals surface area (Å²) < 4.78 is 5.65. The third kappa shape index (κ3) is 2.08. The maximum atomic E-state index is 5.65. The van der Waals surface area contributed by atoms with Crippen LogP contribution in [-0.4, -0.2) is 23.8 Å². The standard InChI is InChI=1S/C12H14N2OS/c1-2-4-11-10(3-1)14-12(15-11)8-16-7-9-5-13-6-9/h1-4,9,13H,5-8H2. The maximum absolute atomic E-state index is 5.65. The van der Waals surface area contributed by atoms with Crippen LogP contribution >= 0.6 is 11.8 Å². The van der Waals surface area contributed by atoms with Crippen molar-refractivity contribution in [2.24, 2.45) is 5.92 Å². The number of rotatable bonds is 4. The van der Waals surface area contributed by atoms with Gasteiger partial charge in [0.1, 0.15) is 5.52 Å². The molecular formula is C12H14N2OS. The van der Waals surface area contributed by atoms with Crippen molar-refractivity contribution in [2.45, 2.75) is 5.75 Å². The Morgan fingerprint density at radius 3 is 3.00 bits per heavy atom. The molecule has 16 heavy (non-hydrogen) atoms. The van der Waals surface area contributed by atoms with Crippen LogP contribution in [0.4, 0.5) is 0 Å². The lowest BCUT2D eigenvalue weighted by atomic mass is 10.1. The Hall–Kier alpha value is -1.00. The number of aromatic nitrogens is 1. The number of hydrogen-bond donors (Lipinski definition) is 1. The molecule has 0 radical (unpaired) electrons. The van der Waals surface area contributed by atoms with Crippen LogP contribution in [0, 0.1) is 5.92 Å². The Kier molecular flexibility index (Phi) is 2.84. The first-order valence-electron chi connectivity index (χ1n) is 5.55. The molecule has 0 atom stereocenters. The molecule has 1 aromatic heterocycles. The van der Waals surface area contributed by atoms with E-state index in [-0.39, 0.29) is 0 Å². The largest absolute Gasteiger partial charge is 0.440 e. The normalized spacial score (nSPS) is 16.5. The number of benzene rings is 1. The van der Waals surface area contributed by atoms with Crippen LogP contribution in [0.2, 0.25) is 0 Å². The summed E-state index contributed by atoms with van der Waals surface area (Å²) >= 11 is 1.91. The topological polar surface area (TPSA) is 38.1 Å². The van der Waals surface area contributed by atoms with Gasteiger partial charge in [0.15, 0.2) is 5.58 Å². The minimum Gasteiger partial charge on any atom is -0.440 e. The summed E-state index contributed by atoms with van der Waals surface area (Å²) in [6, 6.07) is 7.92. The molecule has 2 heterocycles. The average Bonchev–Trinajstić information content (AvgIpc) is 2.64. The fourth-order valence-corrected chi connectivity index (χ4v) is 2.75. The summed E-state index contributed by atoms with van der Waals surface area (Å²) in [5.74, 6) is 3.77. The zero-order valence-electron chi connectivity index (χ0n) is 8.98. The first-order chi connectivity index (χ1) is 7.92. The predicted octanol–water partition coefficient (Wildman–Crippen LogP) is 2.28. The van der Waals surface area contributed by atoms with Crippen molar-refractivity contribution in [3.05, 3.63) is 30.2 Å². The zero-order valence-corrected chi connectivity index (χ0v) is 9.80. The molecular weight excluding hydrogens is 220 g/mol. The smallest absolute Gasteiger partial charge is 0.205 e. The summed E-state index contributed by atoms with van der Waals surface area (Å²) in [4.78, 5) is 4.45. The monoisotopic (exact) mass is 234 g/mol. The van der Waals surface area contributed by atoms with Crippen molar-refractivity contribution in [2.75, 3.05) is 18.8 Å². The lowest BCUT2D eigenvalue weighted by Gasteiger charge is -2.26. The summed E-state index contributed by atoms with van der Waals surface area (Å²) in [5.41, 5.74) is 1.85. The second kappa shape index (κ2) is 4.47. The highest BCUT2D eigenvalue weighted by molar-refractivity contribution is 7.98. The van der Waals surface area contributed by atoms with Crippen molar-refractivity contribution in [3.8, 4) is 0 Å². The molecule has 3 nitrogen and oxygen atoms in total. The van der Waals surface area contributed by atoms with E-state index < -0.39 is 0 Å². The Morgan fingerprint density at radius 1 is 1.38 bits per heavy atom. The van der Waals surface area contributed by atoms with E-state index in [1.807, 2.05) is 36.0 Å². The molecule has 1 aromatic carbocycles. The van der Waals surface area contributed by atoms with Crippen LogP contribution in [-0.2, 0) is 5.75 Å². The fourth-order valence-electron chi connectivity index (χ4n) is 1.76. The maximum Gasteiger partial charge on any atom is 0.205 e. The lowest BCUT2D eigenvalue weighted by Crippen LogP contribution is -2.43. The van der Waals surface area contributed by atoms with Gasteiger partial charge in [-0.25, -0.2) is 4.98 Å². The molecule has 0 saturated carbocycles. The van der Waals surface area contributed by atoms with E-state index in [0.29, 0.717) is 0 Å². The molecule has 1 fully saturated rings. The SMILES string of the molecule is c1ccc2oc(CSCC3CNC3)nc2c1. The summed E-state index contributed by atoms with van der Waals surface area (Å²) in [6.07, 6.45) is 0. The first-order valence-corrected chi connectivity index (χ1v) is 6.70. The Morgan fingerprint density at radius 2 is 2.25 bits per heavy atom. The number of fused-ring (bicyclic) bond motifs is 1. The number of thioether (sulfide) groups is 1. The molecule has 1 saturated heterocycles. The van der Waals surface area contributed by atoms with Crippen molar-refractivity contribution in [3.63, 3.8) is 0 Å². The highest BCUT2D eigenvalue weighted by atomic mass is 32.2. The van der Waals surface area contributed by atoms with Crippen LogP contribution < -0.4 is 5.32 Å². The lowest BCUT2D eigenvalue weighted by molar-refractivity contribution is 0.385. The molecule has 2 aromatic rings. The molecule has 0 bridgehead atoms. The van der Waals surface area contributed by atoms with Crippen LogP contribution in [0.1, 0.15) is 5.89 Å². The second-order valence-corrected chi connectivity index (χ2v) is 5.14. The minimum absolute atomic E-state index is 0.842. The Labute approximate surface area is 98.6 Å². The number of hydrogen-bond acceptors (Lipinski definition) is 4. The van der Waals surface area contributed by atoms with Gasteiger partial charge in [-0.3, -0.25) is 0 Å². The summed E-state index contributed by atoms with van der Waals surface area (Å²) in [6.45, 7) is 2.33. The van der Waals surface area contributed by atoms with Gasteiger partial charge >= 0.3 is 0 Å². The van der Waals surface area contributed by atoms with Gasteiger partial charge in [0.25, 0.3) is 0 Å². The predicted molar refractivity (Wildman–Crippen MR) is 66.5 cm³/mol. The number of nitrogens with zero attached hydrogens (tertiary/aromatic N) is 1. The molecule has 0 unspecified atom stereocenters. The number of para-hydroxylation sites is 2. The van der Waals surface area contributed by atoms with Gasteiger partial charge in [-0.2, -0.15) is 11.8 Å². The van der Waals surface area contributed by atoms with Crippen molar-refractivity contribution in [1.29, 1.82) is 0 Å². The van der Waals surface area contributed by atoms with E-state index in [2.05, 4.69) is 10.3 Å². The quantitative estimate of drug-likeness (QED) is 0.880. The molecule has 1 N–H and O–H groups in total. The van der Waals surface area contributed by atoms with Gasteiger partial charge in [-0.05, 0) is 36.9 Å². The van der Waals surface area contributed by atoms with Crippen molar-refractivity contribution >= 4 is 22.9 Å². The molecule has 3 rings (SSSR count). The van der Waals surface area contributed by atoms with E-state index in [0.717, 1.165) is 28.7 Å². The van der Waals surface area contributed by atoms with Crippen molar-refractivity contribution in [1.82, 2.24) is 10.3 Å². The molecule has 0 amide bonds. The van der Waals surface area contributed by atoms with E-state index in [4.69, 9.17) is 4.42 Å². The molecule has 0 aliphatic carbocycles. The summed E-state index contributed by atoms with van der Waals surface area (Å²) in [5, 5.41) is 3.28. The first kappa shape index (κ1) is 10.2. The molecule has 0 spiro atoms. The van der Waals surface area contributed by atoms with Crippen LogP contribution in [0.25, 0.3) is 11.1 Å². The zero-order chi connectivity index (χ0) is 10.8. The fraction of sp³-hybridized carbons (Fsp3) is 0.417. The Balaban J connectivity index is 1.60. The van der Waals surface area contributed by atoms with E-state index in [1.165, 1.54) is 18.8 Å². The average molecular weight is 234 g/mol. The second-order valence-electron chi connectivity index (χ2n) is 4.11. The molecule has 1 aliphatic heterocycles. The highest BCUT2D eigenvalue weighted by Gasteiger charge is 2.16. The van der Waals surface area contributed by atoms with Crippen LogP contribution in [0.15, 0.2) is 28.7 Å². The third-order valence-corrected chi connectivity index (χ3v) is 3.94. The van der Waals surface area contributed by atoms with Gasteiger partial charge < -0.3 is 9.73 Å². The van der Waals surface area contributed by atoms with Gasteiger partial charge in [-0.15, -0.1) is 0 Å². The van der Waals surface area contributed by atoms with Gasteiger partial charge in [0.05, 0.1) is 5.75 Å². The number of nitrogens with one attached hydrogen (secondary N) is 1. The Bertz CT molecular complexity index is 446. The molecule has 84 valence electrons. The number of oxazole rings is 1. The van der Waals surface area contributed by atoms with Crippen molar-refractivity contribution < 1.29 is 4.42 Å². The summed E-state index contributed by atoms with van der Waals surface area (Å²) in [7, 11) is 0. The molecule has 1 aliphatic rings. The van der Waals surface area contributed by atoms with E-state index in [1.54, 1.807) is 0 Å². The van der Waals surface area contributed by atoms with E-state index >= 15 is 0 Å². The highest BCUT2D eigenvalue weighted by Crippen LogP contribution is 2.20. The minimum atomic E-state index is 0.842.